The van der Waals surface area contributed by atoms with E-state index in [-0.39, 0.29) is 0 Å². The fourth-order valence-corrected chi connectivity index (χ4v) is 8.73. The average Bonchev–Trinajstić information content (AvgIpc) is 3.66. The summed E-state index contributed by atoms with van der Waals surface area (Å²) in [6, 6.07) is 76.3. The van der Waals surface area contributed by atoms with Crippen LogP contribution in [0.2, 0.25) is 0 Å². The molecule has 2 nitrogen and oxygen atoms in total. The van der Waals surface area contributed by atoms with Crippen molar-refractivity contribution in [3.63, 3.8) is 0 Å². The van der Waals surface area contributed by atoms with Crippen molar-refractivity contribution in [2.45, 2.75) is 0 Å². The maximum atomic E-state index is 6.36. The quantitative estimate of drug-likeness (QED) is 0.160. The highest BCUT2D eigenvalue weighted by molar-refractivity contribution is 6.36. The first-order chi connectivity index (χ1) is 27.8. The fraction of sp³-hybridized carbons (Fsp3) is 0. The molecule has 11 aromatic rings. The molecule has 1 heterocycles. The van der Waals surface area contributed by atoms with Crippen LogP contribution >= 0.6 is 0 Å². The molecule has 0 spiro atoms. The summed E-state index contributed by atoms with van der Waals surface area (Å²) in [5, 5.41) is 9.79. The Morgan fingerprint density at radius 2 is 0.768 bits per heavy atom. The summed E-state index contributed by atoms with van der Waals surface area (Å²) in [5.41, 5.74) is 12.3. The Hall–Kier alpha value is -7.42. The lowest BCUT2D eigenvalue weighted by molar-refractivity contribution is 0.669. The Kier molecular flexibility index (Phi) is 7.53. The molecule has 0 aliphatic rings. The van der Waals surface area contributed by atoms with Crippen molar-refractivity contribution in [2.75, 3.05) is 4.90 Å². The summed E-state index contributed by atoms with van der Waals surface area (Å²) in [6.07, 6.45) is 0. The third-order valence-corrected chi connectivity index (χ3v) is 11.3. The van der Waals surface area contributed by atoms with Crippen molar-refractivity contribution >= 4 is 71.3 Å². The number of furan rings is 1. The molecule has 0 atom stereocenters. The molecule has 0 aliphatic heterocycles. The highest BCUT2D eigenvalue weighted by Gasteiger charge is 2.20. The molecule has 0 unspecified atom stereocenters. The molecule has 0 saturated carbocycles. The van der Waals surface area contributed by atoms with Gasteiger partial charge in [0.05, 0.1) is 5.69 Å². The van der Waals surface area contributed by atoms with Gasteiger partial charge in [-0.2, -0.15) is 0 Å². The zero-order valence-electron chi connectivity index (χ0n) is 30.6. The smallest absolute Gasteiger partial charge is 0.136 e. The summed E-state index contributed by atoms with van der Waals surface area (Å²) < 4.78 is 6.36. The van der Waals surface area contributed by atoms with Crippen LogP contribution in [0.15, 0.2) is 217 Å². The molecule has 10 aromatic carbocycles. The summed E-state index contributed by atoms with van der Waals surface area (Å²) in [4.78, 5) is 2.37. The monoisotopic (exact) mass is 713 g/mol. The number of nitrogens with zero attached hydrogens (tertiary/aromatic N) is 1. The number of para-hydroxylation sites is 3. The maximum absolute atomic E-state index is 6.36. The molecule has 11 rings (SSSR count). The second kappa shape index (κ2) is 13.2. The minimum Gasteiger partial charge on any atom is -0.456 e. The van der Waals surface area contributed by atoms with Crippen LogP contribution in [-0.4, -0.2) is 0 Å². The van der Waals surface area contributed by atoms with Gasteiger partial charge >= 0.3 is 0 Å². The van der Waals surface area contributed by atoms with Gasteiger partial charge in [-0.1, -0.05) is 164 Å². The van der Waals surface area contributed by atoms with Crippen LogP contribution in [0.1, 0.15) is 0 Å². The minimum absolute atomic E-state index is 0.918. The van der Waals surface area contributed by atoms with Gasteiger partial charge in [-0.05, 0) is 103 Å². The first-order valence-corrected chi connectivity index (χ1v) is 19.2. The second-order valence-corrected chi connectivity index (χ2v) is 14.4. The van der Waals surface area contributed by atoms with E-state index in [9.17, 15) is 0 Å². The maximum Gasteiger partial charge on any atom is 0.136 e. The van der Waals surface area contributed by atoms with Crippen LogP contribution < -0.4 is 4.90 Å². The van der Waals surface area contributed by atoms with Crippen LogP contribution in [0.3, 0.4) is 0 Å². The Morgan fingerprint density at radius 1 is 0.268 bits per heavy atom. The largest absolute Gasteiger partial charge is 0.456 e. The highest BCUT2D eigenvalue weighted by atomic mass is 16.3. The Labute approximate surface area is 325 Å². The minimum atomic E-state index is 0.918. The normalized spacial score (nSPS) is 11.6. The Balaban J connectivity index is 1.06. The van der Waals surface area contributed by atoms with Crippen molar-refractivity contribution in [3.05, 3.63) is 212 Å². The van der Waals surface area contributed by atoms with Crippen LogP contribution in [0, 0.1) is 0 Å². The van der Waals surface area contributed by atoms with Crippen molar-refractivity contribution < 1.29 is 4.42 Å². The van der Waals surface area contributed by atoms with Crippen molar-refractivity contribution in [1.29, 1.82) is 0 Å². The van der Waals surface area contributed by atoms with Crippen LogP contribution in [-0.2, 0) is 0 Å². The third-order valence-electron chi connectivity index (χ3n) is 11.3. The number of anilines is 3. The predicted molar refractivity (Wildman–Crippen MR) is 237 cm³/mol. The summed E-state index contributed by atoms with van der Waals surface area (Å²) in [5.74, 6) is 0. The number of benzene rings is 10. The lowest BCUT2D eigenvalue weighted by Crippen LogP contribution is -2.11. The number of rotatable bonds is 6. The Morgan fingerprint density at radius 3 is 1.54 bits per heavy atom. The van der Waals surface area contributed by atoms with Crippen LogP contribution in [0.5, 0.6) is 0 Å². The predicted octanol–water partition coefficient (Wildman–Crippen LogP) is 15.5. The van der Waals surface area contributed by atoms with Gasteiger partial charge in [0, 0.05) is 33.1 Å². The first-order valence-electron chi connectivity index (χ1n) is 19.2. The van der Waals surface area contributed by atoms with Gasteiger partial charge in [-0.15, -0.1) is 0 Å². The van der Waals surface area contributed by atoms with Gasteiger partial charge in [0.25, 0.3) is 0 Å². The molecule has 56 heavy (non-hydrogen) atoms. The van der Waals surface area contributed by atoms with E-state index in [1.807, 2.05) is 6.07 Å². The van der Waals surface area contributed by atoms with E-state index in [0.29, 0.717) is 0 Å². The van der Waals surface area contributed by atoms with Crippen molar-refractivity contribution in [1.82, 2.24) is 0 Å². The zero-order valence-corrected chi connectivity index (χ0v) is 30.6. The fourth-order valence-electron chi connectivity index (χ4n) is 8.73. The number of fused-ring (bicyclic) bond motifs is 10. The topological polar surface area (TPSA) is 16.4 Å². The lowest BCUT2D eigenvalue weighted by atomic mass is 9.88. The lowest BCUT2D eigenvalue weighted by Gasteiger charge is -2.28. The molecule has 0 N–H and O–H groups in total. The molecule has 0 saturated heterocycles. The molecule has 0 bridgehead atoms. The van der Waals surface area contributed by atoms with E-state index in [1.165, 1.54) is 71.1 Å². The third kappa shape index (κ3) is 5.19. The molecular formula is C54H35NO. The van der Waals surface area contributed by atoms with Crippen molar-refractivity contribution in [2.24, 2.45) is 0 Å². The van der Waals surface area contributed by atoms with Gasteiger partial charge in [0.15, 0.2) is 0 Å². The van der Waals surface area contributed by atoms with Crippen LogP contribution in [0.25, 0.3) is 87.6 Å². The van der Waals surface area contributed by atoms with E-state index in [2.05, 4.69) is 211 Å². The Bertz CT molecular complexity index is 3190. The van der Waals surface area contributed by atoms with Gasteiger partial charge in [-0.3, -0.25) is 0 Å². The molecule has 1 aromatic heterocycles. The average molecular weight is 714 g/mol. The number of hydrogen-bond acceptors (Lipinski definition) is 2. The summed E-state index contributed by atoms with van der Waals surface area (Å²) >= 11 is 0. The number of hydrogen-bond donors (Lipinski definition) is 0. The second-order valence-electron chi connectivity index (χ2n) is 14.4. The molecule has 0 fully saturated rings. The van der Waals surface area contributed by atoms with E-state index < -0.39 is 0 Å². The van der Waals surface area contributed by atoms with E-state index in [0.717, 1.165) is 33.6 Å². The molecular weight excluding hydrogens is 679 g/mol. The van der Waals surface area contributed by atoms with Gasteiger partial charge in [-0.25, -0.2) is 0 Å². The van der Waals surface area contributed by atoms with E-state index >= 15 is 0 Å². The molecule has 0 radical (unpaired) electrons. The van der Waals surface area contributed by atoms with Gasteiger partial charge in [0.1, 0.15) is 11.2 Å². The van der Waals surface area contributed by atoms with Gasteiger partial charge in [0.2, 0.25) is 0 Å². The van der Waals surface area contributed by atoms with E-state index in [1.54, 1.807) is 0 Å². The SMILES string of the molecule is c1ccc(-c2ccc(-c3ccccc3N(c3ccccc3)c3ccc(-c4cccc5c6ccc7oc8ccccc8c7c6c6ccccc6c45)cc3)cc2)cc1. The van der Waals surface area contributed by atoms with Crippen LogP contribution in [0.4, 0.5) is 17.1 Å². The molecule has 2 heteroatoms. The highest BCUT2D eigenvalue weighted by Crippen LogP contribution is 2.46. The summed E-state index contributed by atoms with van der Waals surface area (Å²) in [6.45, 7) is 0. The molecule has 262 valence electrons. The molecule has 0 amide bonds. The molecule has 0 aliphatic carbocycles. The van der Waals surface area contributed by atoms with Gasteiger partial charge < -0.3 is 9.32 Å². The first kappa shape index (κ1) is 32.0. The zero-order chi connectivity index (χ0) is 37.0. The summed E-state index contributed by atoms with van der Waals surface area (Å²) in [7, 11) is 0. The van der Waals surface area contributed by atoms with Crippen molar-refractivity contribution in [3.8, 4) is 33.4 Å². The van der Waals surface area contributed by atoms with E-state index in [4.69, 9.17) is 4.42 Å². The standard InChI is InChI=1S/C54H35NO/c1-3-14-36(15-4-1)37-26-28-38(29-27-37)42-18-9-11-24-49(42)55(40-16-5-2-6-17-40)41-32-30-39(31-33-41)43-22-13-23-45-47-34-35-51-54(48-21-10-12-25-50(48)56-51)53(47)46-20-8-7-19-44(46)52(43)45/h1-35H.